The molecule has 0 aromatic heterocycles. The molecule has 0 fully saturated rings. The highest BCUT2D eigenvalue weighted by Gasteiger charge is 1.91. The van der Waals surface area contributed by atoms with Crippen molar-refractivity contribution in [1.82, 2.24) is 0 Å². The first-order valence-electron chi connectivity index (χ1n) is 2.26. The summed E-state index contributed by atoms with van der Waals surface area (Å²) >= 11 is 0. The van der Waals surface area contributed by atoms with E-state index in [0.717, 1.165) is 0 Å². The lowest BCUT2D eigenvalue weighted by molar-refractivity contribution is 0.126. The Kier molecular flexibility index (Phi) is 3.61. The maximum absolute atomic E-state index is 4.86. The van der Waals surface area contributed by atoms with E-state index in [4.69, 9.17) is 4.74 Å². The fourth-order valence-corrected chi connectivity index (χ4v) is 0.256. The van der Waals surface area contributed by atoms with Crippen LogP contribution in [-0.4, -0.2) is 26.5 Å². The van der Waals surface area contributed by atoms with Gasteiger partial charge >= 0.3 is 0 Å². The predicted molar refractivity (Wildman–Crippen MR) is 30.9 cm³/mol. The van der Waals surface area contributed by atoms with E-state index in [1.165, 1.54) is 0 Å². The summed E-state index contributed by atoms with van der Waals surface area (Å²) in [5.41, 5.74) is 0. The van der Waals surface area contributed by atoms with Crippen LogP contribution in [0.4, 0.5) is 0 Å². The minimum atomic E-state index is 0.220. The lowest BCUT2D eigenvalue weighted by atomic mass is 10.4. The lowest BCUT2D eigenvalue weighted by Gasteiger charge is -2.02. The van der Waals surface area contributed by atoms with Crippen molar-refractivity contribution in [2.75, 3.05) is 13.7 Å². The van der Waals surface area contributed by atoms with Crippen LogP contribution in [0.2, 0.25) is 0 Å². The molecule has 42 valence electrons. The minimum Gasteiger partial charge on any atom is -0.380 e. The minimum absolute atomic E-state index is 0.220. The molecule has 0 spiro atoms. The van der Waals surface area contributed by atoms with Crippen molar-refractivity contribution in [3.63, 3.8) is 0 Å². The van der Waals surface area contributed by atoms with Gasteiger partial charge in [-0.15, -0.1) is 0 Å². The van der Waals surface area contributed by atoms with E-state index in [9.17, 15) is 0 Å². The molecule has 0 unspecified atom stereocenters. The Labute approximate surface area is 44.2 Å². The summed E-state index contributed by atoms with van der Waals surface area (Å²) in [6.45, 7) is 5.96. The van der Waals surface area contributed by atoms with Crippen LogP contribution in [0.15, 0.2) is 4.99 Å². The Morgan fingerprint density at radius 1 is 1.86 bits per heavy atom. The first-order valence-corrected chi connectivity index (χ1v) is 2.26. The van der Waals surface area contributed by atoms with Gasteiger partial charge in [0.25, 0.3) is 0 Å². The predicted octanol–water partition coefficient (Wildman–Crippen LogP) is 0.722. The molecule has 2 nitrogen and oxygen atoms in total. The van der Waals surface area contributed by atoms with Gasteiger partial charge in [-0.2, -0.15) is 0 Å². The SMILES string of the molecule is C=NC[C@H](C)OC. The Bertz CT molecular complexity index is 54.0. The summed E-state index contributed by atoms with van der Waals surface area (Å²) in [6.07, 6.45) is 0.220. The zero-order valence-electron chi connectivity index (χ0n) is 4.85. The Morgan fingerprint density at radius 3 is 2.57 bits per heavy atom. The normalized spacial score (nSPS) is 13.4. The summed E-state index contributed by atoms with van der Waals surface area (Å²) < 4.78 is 4.86. The van der Waals surface area contributed by atoms with Crippen LogP contribution in [0.5, 0.6) is 0 Å². The molecule has 0 aromatic rings. The molecular weight excluding hydrogens is 90.1 g/mol. The van der Waals surface area contributed by atoms with Crippen LogP contribution >= 0.6 is 0 Å². The van der Waals surface area contributed by atoms with Crippen molar-refractivity contribution in [3.05, 3.63) is 0 Å². The number of hydrogen-bond acceptors (Lipinski definition) is 2. The van der Waals surface area contributed by atoms with E-state index in [-0.39, 0.29) is 6.10 Å². The molecule has 0 aliphatic carbocycles. The maximum Gasteiger partial charge on any atom is 0.0738 e. The summed E-state index contributed by atoms with van der Waals surface area (Å²) in [5, 5.41) is 0. The fourth-order valence-electron chi connectivity index (χ4n) is 0.256. The second-order valence-corrected chi connectivity index (χ2v) is 1.45. The third-order valence-electron chi connectivity index (χ3n) is 0.789. The standard InChI is InChI=1S/C5H11NO/c1-5(7-3)4-6-2/h5H,2,4H2,1,3H3/t5-/m0/s1. The molecule has 7 heavy (non-hydrogen) atoms. The van der Waals surface area contributed by atoms with Crippen LogP contribution in [-0.2, 0) is 4.74 Å². The summed E-state index contributed by atoms with van der Waals surface area (Å²) in [6, 6.07) is 0. The highest BCUT2D eigenvalue weighted by Crippen LogP contribution is 1.84. The molecule has 0 N–H and O–H groups in total. The molecule has 0 aliphatic heterocycles. The lowest BCUT2D eigenvalue weighted by Crippen LogP contribution is -2.07. The van der Waals surface area contributed by atoms with Gasteiger partial charge < -0.3 is 4.74 Å². The van der Waals surface area contributed by atoms with E-state index in [1.807, 2.05) is 6.92 Å². The van der Waals surface area contributed by atoms with E-state index in [0.29, 0.717) is 6.54 Å². The zero-order chi connectivity index (χ0) is 5.70. The average Bonchev–Trinajstić information content (AvgIpc) is 1.68. The monoisotopic (exact) mass is 101 g/mol. The third kappa shape index (κ3) is 3.46. The van der Waals surface area contributed by atoms with Gasteiger partial charge in [0, 0.05) is 7.11 Å². The van der Waals surface area contributed by atoms with Crippen LogP contribution in [0.25, 0.3) is 0 Å². The van der Waals surface area contributed by atoms with Gasteiger partial charge in [0.05, 0.1) is 12.6 Å². The van der Waals surface area contributed by atoms with Gasteiger partial charge in [0.2, 0.25) is 0 Å². The molecule has 0 radical (unpaired) electrons. The molecule has 0 saturated heterocycles. The summed E-state index contributed by atoms with van der Waals surface area (Å²) in [4.78, 5) is 3.63. The van der Waals surface area contributed by atoms with Crippen LogP contribution in [0, 0.1) is 0 Å². The summed E-state index contributed by atoms with van der Waals surface area (Å²) in [7, 11) is 1.66. The number of nitrogens with zero attached hydrogens (tertiary/aromatic N) is 1. The molecule has 0 bridgehead atoms. The first kappa shape index (κ1) is 6.63. The number of methoxy groups -OCH3 is 1. The molecular formula is C5H11NO. The van der Waals surface area contributed by atoms with Gasteiger partial charge in [0.1, 0.15) is 0 Å². The van der Waals surface area contributed by atoms with Gasteiger partial charge in [-0.1, -0.05) is 0 Å². The molecule has 0 amide bonds. The topological polar surface area (TPSA) is 21.6 Å². The molecule has 0 heterocycles. The van der Waals surface area contributed by atoms with Gasteiger partial charge in [-0.05, 0) is 13.6 Å². The zero-order valence-corrected chi connectivity index (χ0v) is 4.85. The molecule has 0 rings (SSSR count). The maximum atomic E-state index is 4.86. The van der Waals surface area contributed by atoms with Crippen molar-refractivity contribution in [2.45, 2.75) is 13.0 Å². The van der Waals surface area contributed by atoms with E-state index >= 15 is 0 Å². The Morgan fingerprint density at radius 2 is 2.43 bits per heavy atom. The van der Waals surface area contributed by atoms with Crippen molar-refractivity contribution in [1.29, 1.82) is 0 Å². The second kappa shape index (κ2) is 3.81. The van der Waals surface area contributed by atoms with Crippen LogP contribution in [0.1, 0.15) is 6.92 Å². The third-order valence-corrected chi connectivity index (χ3v) is 0.789. The largest absolute Gasteiger partial charge is 0.380 e. The highest BCUT2D eigenvalue weighted by molar-refractivity contribution is 5.23. The van der Waals surface area contributed by atoms with Crippen molar-refractivity contribution < 1.29 is 4.74 Å². The number of rotatable bonds is 3. The summed E-state index contributed by atoms with van der Waals surface area (Å²) in [5.74, 6) is 0. The highest BCUT2D eigenvalue weighted by atomic mass is 16.5. The number of ether oxygens (including phenoxy) is 1. The molecule has 0 aliphatic rings. The van der Waals surface area contributed by atoms with Crippen LogP contribution in [0.3, 0.4) is 0 Å². The smallest absolute Gasteiger partial charge is 0.0738 e. The van der Waals surface area contributed by atoms with E-state index in [1.54, 1.807) is 7.11 Å². The fraction of sp³-hybridized carbons (Fsp3) is 0.800. The molecule has 2 heteroatoms. The Balaban J connectivity index is 2.98. The number of hydrogen-bond donors (Lipinski definition) is 0. The van der Waals surface area contributed by atoms with Crippen LogP contribution < -0.4 is 0 Å². The van der Waals surface area contributed by atoms with Gasteiger partial charge in [0.15, 0.2) is 0 Å². The van der Waals surface area contributed by atoms with Gasteiger partial charge in [-0.3, -0.25) is 4.99 Å². The van der Waals surface area contributed by atoms with E-state index < -0.39 is 0 Å². The van der Waals surface area contributed by atoms with Crippen molar-refractivity contribution >= 4 is 6.72 Å². The van der Waals surface area contributed by atoms with Gasteiger partial charge in [-0.25, -0.2) is 0 Å². The number of aliphatic imine (C=N–C) groups is 1. The Hall–Kier alpha value is -0.370. The quantitative estimate of drug-likeness (QED) is 0.480. The molecule has 0 saturated carbocycles. The van der Waals surface area contributed by atoms with Crippen molar-refractivity contribution in [2.24, 2.45) is 4.99 Å². The van der Waals surface area contributed by atoms with E-state index in [2.05, 4.69) is 11.7 Å². The van der Waals surface area contributed by atoms with Crippen molar-refractivity contribution in [3.8, 4) is 0 Å². The molecule has 1 atom stereocenters. The average molecular weight is 101 g/mol. The first-order chi connectivity index (χ1) is 3.31. The molecule has 0 aromatic carbocycles. The second-order valence-electron chi connectivity index (χ2n) is 1.45.